The van der Waals surface area contributed by atoms with Gasteiger partial charge >= 0.3 is 0 Å². The molecule has 3 aromatic rings. The van der Waals surface area contributed by atoms with Gasteiger partial charge in [-0.2, -0.15) is 0 Å². The Labute approximate surface area is 181 Å². The lowest BCUT2D eigenvalue weighted by Crippen LogP contribution is -2.48. The summed E-state index contributed by atoms with van der Waals surface area (Å²) < 4.78 is 7.33. The summed E-state index contributed by atoms with van der Waals surface area (Å²) in [6, 6.07) is 17.0. The largest absolute Gasteiger partial charge is 0.487 e. The second kappa shape index (κ2) is 9.02. The number of benzene rings is 2. The number of nitrogens with zero attached hydrogens (tertiary/aromatic N) is 2. The number of ether oxygens (including phenoxy) is 1. The molecule has 5 rings (SSSR count). The van der Waals surface area contributed by atoms with E-state index in [2.05, 4.69) is 34.5 Å². The van der Waals surface area contributed by atoms with Crippen LogP contribution in [0.25, 0.3) is 10.2 Å². The number of aliphatic hydroxyl groups is 1. The van der Waals surface area contributed by atoms with Crippen molar-refractivity contribution in [3.8, 4) is 5.75 Å². The minimum Gasteiger partial charge on any atom is -0.487 e. The second-order valence-corrected chi connectivity index (χ2v) is 9.52. The maximum Gasteiger partial charge on any atom is 0.126 e. The molecule has 0 aliphatic carbocycles. The number of hydrogen-bond acceptors (Lipinski definition) is 6. The number of β-amino-alcohol motifs (C(OH)–C–C–N with tert-alkyl or cyclic N) is 1. The van der Waals surface area contributed by atoms with E-state index in [-0.39, 0.29) is 6.10 Å². The van der Waals surface area contributed by atoms with Crippen molar-refractivity contribution in [3.63, 3.8) is 0 Å². The Morgan fingerprint density at radius 2 is 1.90 bits per heavy atom. The zero-order valence-electron chi connectivity index (χ0n) is 17.2. The van der Waals surface area contributed by atoms with Crippen molar-refractivity contribution in [1.82, 2.24) is 15.2 Å². The fourth-order valence-corrected chi connectivity index (χ4v) is 5.46. The molecule has 2 aromatic carbocycles. The highest BCUT2D eigenvalue weighted by molar-refractivity contribution is 7.18. The molecule has 1 aromatic heterocycles. The standard InChI is InChI=1S/C24H29N3O2S/c28-20(22-10-9-17-5-1-3-7-21(17)29-22)16-27-13-11-18(12-14-27)25-15-24-26-19-6-2-4-8-23(19)30-24/h1-8,18,20,22,25,28H,9-16H2. The first kappa shape index (κ1) is 19.9. The van der Waals surface area contributed by atoms with Crippen LogP contribution in [0.3, 0.4) is 0 Å². The Hall–Kier alpha value is -1.99. The van der Waals surface area contributed by atoms with Gasteiger partial charge in [-0.3, -0.25) is 0 Å². The molecule has 0 radical (unpaired) electrons. The van der Waals surface area contributed by atoms with E-state index < -0.39 is 6.10 Å². The Morgan fingerprint density at radius 3 is 2.77 bits per heavy atom. The number of hydrogen-bond donors (Lipinski definition) is 2. The van der Waals surface area contributed by atoms with Crippen LogP contribution in [0.1, 0.15) is 29.8 Å². The van der Waals surface area contributed by atoms with Gasteiger partial charge in [0.25, 0.3) is 0 Å². The van der Waals surface area contributed by atoms with Crippen molar-refractivity contribution in [3.05, 3.63) is 59.1 Å². The fraction of sp³-hybridized carbons (Fsp3) is 0.458. The summed E-state index contributed by atoms with van der Waals surface area (Å²) in [6.07, 6.45) is 3.53. The van der Waals surface area contributed by atoms with Crippen LogP contribution in [0, 0.1) is 0 Å². The average molecular weight is 424 g/mol. The molecule has 0 amide bonds. The zero-order valence-corrected chi connectivity index (χ0v) is 18.0. The number of nitrogens with one attached hydrogen (secondary N) is 1. The number of aliphatic hydroxyl groups excluding tert-OH is 1. The maximum atomic E-state index is 10.7. The third kappa shape index (κ3) is 4.52. The molecule has 1 fully saturated rings. The van der Waals surface area contributed by atoms with Crippen LogP contribution in [-0.2, 0) is 13.0 Å². The number of fused-ring (bicyclic) bond motifs is 2. The molecule has 5 nitrogen and oxygen atoms in total. The van der Waals surface area contributed by atoms with E-state index >= 15 is 0 Å². The Bertz CT molecular complexity index is 950. The van der Waals surface area contributed by atoms with E-state index in [4.69, 9.17) is 9.72 Å². The van der Waals surface area contributed by atoms with Crippen molar-refractivity contribution < 1.29 is 9.84 Å². The second-order valence-electron chi connectivity index (χ2n) is 8.40. The number of piperidine rings is 1. The zero-order chi connectivity index (χ0) is 20.3. The van der Waals surface area contributed by atoms with Crippen LogP contribution in [0.2, 0.25) is 0 Å². The highest BCUT2D eigenvalue weighted by Gasteiger charge is 2.29. The smallest absolute Gasteiger partial charge is 0.126 e. The van der Waals surface area contributed by atoms with E-state index in [1.165, 1.54) is 10.3 Å². The summed E-state index contributed by atoms with van der Waals surface area (Å²) in [5.41, 5.74) is 2.34. The molecule has 6 heteroatoms. The summed E-state index contributed by atoms with van der Waals surface area (Å²) in [4.78, 5) is 7.10. The lowest BCUT2D eigenvalue weighted by Gasteiger charge is -2.36. The number of para-hydroxylation sites is 2. The van der Waals surface area contributed by atoms with Crippen molar-refractivity contribution in [1.29, 1.82) is 0 Å². The highest BCUT2D eigenvalue weighted by Crippen LogP contribution is 2.28. The van der Waals surface area contributed by atoms with Gasteiger partial charge in [0.1, 0.15) is 23.0 Å². The predicted molar refractivity (Wildman–Crippen MR) is 121 cm³/mol. The quantitative estimate of drug-likeness (QED) is 0.634. The molecular formula is C24H29N3O2S. The SMILES string of the molecule is OC(CN1CCC(NCc2nc3ccccc3s2)CC1)C1CCc2ccccc2O1. The first-order chi connectivity index (χ1) is 14.7. The maximum absolute atomic E-state index is 10.7. The Morgan fingerprint density at radius 1 is 1.10 bits per heavy atom. The number of aryl methyl sites for hydroxylation is 1. The van der Waals surface area contributed by atoms with Crippen LogP contribution in [-0.4, -0.2) is 52.9 Å². The van der Waals surface area contributed by atoms with E-state index in [9.17, 15) is 5.11 Å². The van der Waals surface area contributed by atoms with Crippen LogP contribution >= 0.6 is 11.3 Å². The van der Waals surface area contributed by atoms with Crippen molar-refractivity contribution in [2.75, 3.05) is 19.6 Å². The number of rotatable bonds is 6. The monoisotopic (exact) mass is 423 g/mol. The molecule has 158 valence electrons. The molecule has 0 bridgehead atoms. The minimum atomic E-state index is -0.439. The first-order valence-corrected chi connectivity index (χ1v) is 11.8. The van der Waals surface area contributed by atoms with Gasteiger partial charge in [-0.25, -0.2) is 4.98 Å². The third-order valence-electron chi connectivity index (χ3n) is 6.29. The normalized spacial score (nSPS) is 21.3. The third-order valence-corrected chi connectivity index (χ3v) is 7.33. The molecule has 0 saturated carbocycles. The van der Waals surface area contributed by atoms with Crippen molar-refractivity contribution >= 4 is 21.6 Å². The average Bonchev–Trinajstić information content (AvgIpc) is 3.21. The van der Waals surface area contributed by atoms with Gasteiger partial charge in [-0.15, -0.1) is 11.3 Å². The summed E-state index contributed by atoms with van der Waals surface area (Å²) in [5, 5.41) is 15.6. The van der Waals surface area contributed by atoms with Gasteiger partial charge in [-0.1, -0.05) is 30.3 Å². The minimum absolute atomic E-state index is 0.102. The molecular weight excluding hydrogens is 394 g/mol. The van der Waals surface area contributed by atoms with Crippen molar-refractivity contribution in [2.45, 2.75) is 50.5 Å². The summed E-state index contributed by atoms with van der Waals surface area (Å²) in [7, 11) is 0. The van der Waals surface area contributed by atoms with Gasteiger partial charge in [0.2, 0.25) is 0 Å². The molecule has 2 atom stereocenters. The lowest BCUT2D eigenvalue weighted by atomic mass is 9.98. The van der Waals surface area contributed by atoms with E-state index in [1.807, 2.05) is 24.3 Å². The fourth-order valence-electron chi connectivity index (χ4n) is 4.54. The van der Waals surface area contributed by atoms with E-state index in [0.29, 0.717) is 12.6 Å². The first-order valence-electron chi connectivity index (χ1n) is 11.0. The molecule has 30 heavy (non-hydrogen) atoms. The van der Waals surface area contributed by atoms with Gasteiger partial charge in [-0.05, 0) is 62.5 Å². The molecule has 2 N–H and O–H groups in total. The Balaban J connectivity index is 1.07. The van der Waals surface area contributed by atoms with E-state index in [1.54, 1.807) is 11.3 Å². The highest BCUT2D eigenvalue weighted by atomic mass is 32.1. The van der Waals surface area contributed by atoms with E-state index in [0.717, 1.165) is 61.6 Å². The molecule has 3 heterocycles. The molecule has 2 unspecified atom stereocenters. The van der Waals surface area contributed by atoms with Gasteiger partial charge in [0, 0.05) is 19.1 Å². The molecule has 2 aliphatic rings. The molecule has 1 saturated heterocycles. The van der Waals surface area contributed by atoms with Gasteiger partial charge < -0.3 is 20.1 Å². The van der Waals surface area contributed by atoms with Crippen LogP contribution in [0.15, 0.2) is 48.5 Å². The number of thiazole rings is 1. The number of likely N-dealkylation sites (tertiary alicyclic amines) is 1. The van der Waals surface area contributed by atoms with Gasteiger partial charge in [0.05, 0.1) is 10.2 Å². The van der Waals surface area contributed by atoms with Crippen LogP contribution in [0.5, 0.6) is 5.75 Å². The Kier molecular flexibility index (Phi) is 6.00. The summed E-state index contributed by atoms with van der Waals surface area (Å²) >= 11 is 1.77. The number of aromatic nitrogens is 1. The van der Waals surface area contributed by atoms with Crippen molar-refractivity contribution in [2.24, 2.45) is 0 Å². The molecule has 2 aliphatic heterocycles. The topological polar surface area (TPSA) is 57.6 Å². The lowest BCUT2D eigenvalue weighted by molar-refractivity contribution is -0.00277. The summed E-state index contributed by atoms with van der Waals surface area (Å²) in [6.45, 7) is 3.55. The predicted octanol–water partition coefficient (Wildman–Crippen LogP) is 3.61. The van der Waals surface area contributed by atoms with Crippen LogP contribution < -0.4 is 10.1 Å². The van der Waals surface area contributed by atoms with Gasteiger partial charge in [0.15, 0.2) is 0 Å². The van der Waals surface area contributed by atoms with Crippen LogP contribution in [0.4, 0.5) is 0 Å². The summed E-state index contributed by atoms with van der Waals surface area (Å²) in [5.74, 6) is 0.936. The molecule has 0 spiro atoms.